The summed E-state index contributed by atoms with van der Waals surface area (Å²) in [6.07, 6.45) is 0. The molecule has 1 N–H and O–H groups in total. The number of hydrogen-bond donors (Lipinski definition) is 1. The molecule has 1 saturated heterocycles. The van der Waals surface area contributed by atoms with E-state index in [1.165, 1.54) is 0 Å². The number of nitrogens with zero attached hydrogens (tertiary/aromatic N) is 3. The maximum atomic E-state index is 13.4. The van der Waals surface area contributed by atoms with Crippen LogP contribution in [-0.2, 0) is 10.3 Å². The van der Waals surface area contributed by atoms with Gasteiger partial charge in [0.25, 0.3) is 5.91 Å². The molecule has 0 unspecified atom stereocenters. The van der Waals surface area contributed by atoms with E-state index in [0.29, 0.717) is 47.6 Å². The van der Waals surface area contributed by atoms with Gasteiger partial charge in [-0.05, 0) is 72.8 Å². The van der Waals surface area contributed by atoms with Crippen molar-refractivity contribution >= 4 is 51.7 Å². The largest absolute Gasteiger partial charge is 0.482 e. The average molecular weight is 599 g/mol. The maximum absolute atomic E-state index is 13.4. The lowest BCUT2D eigenvalue weighted by Gasteiger charge is -2.34. The zero-order valence-electron chi connectivity index (χ0n) is 18.0. The molecule has 0 saturated carbocycles. The molecule has 7 nitrogen and oxygen atoms in total. The van der Waals surface area contributed by atoms with Crippen molar-refractivity contribution in [2.75, 3.05) is 26.3 Å². The van der Waals surface area contributed by atoms with Gasteiger partial charge in [0.05, 0.1) is 35.2 Å². The molecule has 3 heterocycles. The fourth-order valence-corrected chi connectivity index (χ4v) is 5.15. The van der Waals surface area contributed by atoms with Gasteiger partial charge in [-0.25, -0.2) is 9.69 Å². The van der Waals surface area contributed by atoms with Gasteiger partial charge in [-0.3, -0.25) is 10.2 Å². The molecule has 2 aromatic carbocycles. The van der Waals surface area contributed by atoms with Crippen molar-refractivity contribution in [2.24, 2.45) is 0 Å². The molecule has 0 radical (unpaired) electrons. The Labute approximate surface area is 215 Å². The van der Waals surface area contributed by atoms with E-state index in [-0.39, 0.29) is 11.6 Å². The number of nitrogens with one attached hydrogen (secondary N) is 1. The van der Waals surface area contributed by atoms with E-state index in [4.69, 9.17) is 37.8 Å². The lowest BCUT2D eigenvalue weighted by atomic mass is 9.89. The van der Waals surface area contributed by atoms with Crippen LogP contribution < -0.4 is 10.2 Å². The molecule has 0 spiro atoms. The molecule has 2 aliphatic heterocycles. The zero-order chi connectivity index (χ0) is 23.3. The average Bonchev–Trinajstić information content (AvgIpc) is 3.16. The van der Waals surface area contributed by atoms with Gasteiger partial charge in [0.15, 0.2) is 5.69 Å². The third-order valence-corrected chi connectivity index (χ3v) is 6.88. The van der Waals surface area contributed by atoms with Crippen LogP contribution in [0.1, 0.15) is 29.9 Å². The lowest BCUT2D eigenvalue weighted by molar-refractivity contribution is 0.0122. The summed E-state index contributed by atoms with van der Waals surface area (Å²) in [7, 11) is 0. The number of rotatable bonds is 3. The Balaban J connectivity index is 1.72. The lowest BCUT2D eigenvalue weighted by Crippen LogP contribution is -2.49. The van der Waals surface area contributed by atoms with Crippen LogP contribution in [0.5, 0.6) is 5.75 Å². The minimum absolute atomic E-state index is 0.289. The van der Waals surface area contributed by atoms with Gasteiger partial charge < -0.3 is 9.47 Å². The second-order valence-corrected chi connectivity index (χ2v) is 10.5. The molecule has 0 atom stereocenters. The number of hydrazine groups is 1. The summed E-state index contributed by atoms with van der Waals surface area (Å²) in [6, 6.07) is 11.2. The zero-order valence-corrected chi connectivity index (χ0v) is 21.7. The van der Waals surface area contributed by atoms with Crippen LogP contribution in [0.25, 0.3) is 16.9 Å². The molecule has 172 valence electrons. The van der Waals surface area contributed by atoms with Crippen molar-refractivity contribution in [3.05, 3.63) is 61.3 Å². The highest BCUT2D eigenvalue weighted by Gasteiger charge is 2.41. The number of morpholine rings is 1. The van der Waals surface area contributed by atoms with Crippen LogP contribution in [0.15, 0.2) is 36.4 Å². The predicted octanol–water partition coefficient (Wildman–Crippen LogP) is 5.06. The first kappa shape index (κ1) is 22.9. The Morgan fingerprint density at radius 1 is 1.15 bits per heavy atom. The van der Waals surface area contributed by atoms with E-state index in [2.05, 4.69) is 28.0 Å². The van der Waals surface area contributed by atoms with Crippen LogP contribution in [0.2, 0.25) is 10.0 Å². The SMILES string of the molecule is CC1(C)Oc2cc(I)ccc2-c2c1c(C(=O)NN1CCOCC1)nn2-c1ccc(Cl)cc1Cl. The summed E-state index contributed by atoms with van der Waals surface area (Å²) in [5.41, 5.74) is 5.40. The van der Waals surface area contributed by atoms with Gasteiger partial charge in [-0.2, -0.15) is 5.10 Å². The Kier molecular flexibility index (Phi) is 6.07. The number of hydrogen-bond acceptors (Lipinski definition) is 5. The Morgan fingerprint density at radius 3 is 2.64 bits per heavy atom. The number of carbonyl (C=O) groups excluding carboxylic acids is 1. The predicted molar refractivity (Wildman–Crippen MR) is 135 cm³/mol. The van der Waals surface area contributed by atoms with E-state index in [9.17, 15) is 4.79 Å². The smallest absolute Gasteiger partial charge is 0.286 e. The molecule has 3 aromatic rings. The van der Waals surface area contributed by atoms with Crippen LogP contribution >= 0.6 is 45.8 Å². The number of ether oxygens (including phenoxy) is 2. The highest BCUT2D eigenvalue weighted by Crippen LogP contribution is 2.48. The molecule has 1 amide bonds. The first-order valence-corrected chi connectivity index (χ1v) is 12.3. The molecule has 0 aliphatic carbocycles. The number of benzene rings is 2. The monoisotopic (exact) mass is 598 g/mol. The van der Waals surface area contributed by atoms with Crippen molar-refractivity contribution in [3.63, 3.8) is 0 Å². The number of fused-ring (bicyclic) bond motifs is 3. The summed E-state index contributed by atoms with van der Waals surface area (Å²) >= 11 is 15.0. The molecular formula is C23H21Cl2IN4O3. The van der Waals surface area contributed by atoms with Gasteiger partial charge in [0.2, 0.25) is 0 Å². The topological polar surface area (TPSA) is 68.6 Å². The normalized spacial score (nSPS) is 17.1. The van der Waals surface area contributed by atoms with Gasteiger partial charge >= 0.3 is 0 Å². The summed E-state index contributed by atoms with van der Waals surface area (Å²) in [5.74, 6) is 0.424. The minimum Gasteiger partial charge on any atom is -0.482 e. The second kappa shape index (κ2) is 8.74. The van der Waals surface area contributed by atoms with Gasteiger partial charge in [-0.1, -0.05) is 23.2 Å². The third-order valence-electron chi connectivity index (χ3n) is 5.68. The van der Waals surface area contributed by atoms with Crippen molar-refractivity contribution in [3.8, 4) is 22.7 Å². The standard InChI is InChI=1S/C23H21Cl2IN4O3/c1-23(2)19-20(22(31)28-29-7-9-32-10-8-29)27-30(17-6-3-13(24)11-16(17)25)21(19)15-5-4-14(26)12-18(15)33-23/h3-6,11-12H,7-10H2,1-2H3,(H,28,31). The Morgan fingerprint density at radius 2 is 1.91 bits per heavy atom. The summed E-state index contributed by atoms with van der Waals surface area (Å²) in [6.45, 7) is 6.23. The maximum Gasteiger partial charge on any atom is 0.286 e. The van der Waals surface area contributed by atoms with Crippen LogP contribution in [0.3, 0.4) is 0 Å². The van der Waals surface area contributed by atoms with Crippen molar-refractivity contribution in [1.82, 2.24) is 20.2 Å². The molecule has 5 rings (SSSR count). The fourth-order valence-electron chi connectivity index (χ4n) is 4.20. The summed E-state index contributed by atoms with van der Waals surface area (Å²) in [4.78, 5) is 13.4. The quantitative estimate of drug-likeness (QED) is 0.427. The third kappa shape index (κ3) is 4.23. The summed E-state index contributed by atoms with van der Waals surface area (Å²) < 4.78 is 14.5. The number of halogens is 3. The number of carbonyl (C=O) groups is 1. The number of aromatic nitrogens is 2. The van der Waals surface area contributed by atoms with E-state index in [0.717, 1.165) is 20.6 Å². The van der Waals surface area contributed by atoms with E-state index in [1.54, 1.807) is 22.9 Å². The van der Waals surface area contributed by atoms with Crippen molar-refractivity contribution in [2.45, 2.75) is 19.4 Å². The Bertz CT molecular complexity index is 1250. The second-order valence-electron chi connectivity index (χ2n) is 8.37. The molecule has 2 aliphatic rings. The molecule has 1 aromatic heterocycles. The number of amides is 1. The van der Waals surface area contributed by atoms with E-state index >= 15 is 0 Å². The highest BCUT2D eigenvalue weighted by molar-refractivity contribution is 14.1. The molecule has 10 heteroatoms. The summed E-state index contributed by atoms with van der Waals surface area (Å²) in [5, 5.41) is 7.58. The van der Waals surface area contributed by atoms with Crippen LogP contribution in [0, 0.1) is 3.57 Å². The van der Waals surface area contributed by atoms with Gasteiger partial charge in [-0.15, -0.1) is 0 Å². The van der Waals surface area contributed by atoms with Crippen molar-refractivity contribution in [1.29, 1.82) is 0 Å². The van der Waals surface area contributed by atoms with Crippen molar-refractivity contribution < 1.29 is 14.3 Å². The van der Waals surface area contributed by atoms with E-state index < -0.39 is 5.60 Å². The Hall–Kier alpha value is -1.85. The molecule has 0 bridgehead atoms. The van der Waals surface area contributed by atoms with Crippen LogP contribution in [-0.4, -0.2) is 47.0 Å². The fraction of sp³-hybridized carbons (Fsp3) is 0.304. The minimum atomic E-state index is -0.804. The van der Waals surface area contributed by atoms with E-state index in [1.807, 2.05) is 37.1 Å². The van der Waals surface area contributed by atoms with Gasteiger partial charge in [0, 0.05) is 27.2 Å². The first-order chi connectivity index (χ1) is 15.7. The van der Waals surface area contributed by atoms with Gasteiger partial charge in [0.1, 0.15) is 11.4 Å². The van der Waals surface area contributed by atoms with Crippen LogP contribution in [0.4, 0.5) is 0 Å². The molecule has 33 heavy (non-hydrogen) atoms. The molecule has 1 fully saturated rings. The highest BCUT2D eigenvalue weighted by atomic mass is 127. The first-order valence-electron chi connectivity index (χ1n) is 10.5. The molecular weight excluding hydrogens is 578 g/mol.